The summed E-state index contributed by atoms with van der Waals surface area (Å²) in [5.41, 5.74) is 5.38. The third-order valence-corrected chi connectivity index (χ3v) is 4.12. The molecule has 0 saturated carbocycles. The molecule has 6 heteroatoms. The van der Waals surface area contributed by atoms with Gasteiger partial charge >= 0.3 is 0 Å². The summed E-state index contributed by atoms with van der Waals surface area (Å²) in [4.78, 5) is 7.47. The second-order valence-corrected chi connectivity index (χ2v) is 5.92. The monoisotopic (exact) mass is 343 g/mol. The van der Waals surface area contributed by atoms with Crippen molar-refractivity contribution in [1.82, 2.24) is 15.3 Å². The van der Waals surface area contributed by atoms with Crippen molar-refractivity contribution in [2.75, 3.05) is 17.3 Å². The number of anilines is 2. The summed E-state index contributed by atoms with van der Waals surface area (Å²) in [7, 11) is 0. The van der Waals surface area contributed by atoms with Crippen LogP contribution in [0.15, 0.2) is 47.2 Å². The summed E-state index contributed by atoms with van der Waals surface area (Å²) < 4.78 is 1.06. The number of aromatic amines is 1. The second-order valence-electron chi connectivity index (χ2n) is 5.00. The molecular weight excluding hydrogens is 330 g/mol. The maximum atomic E-state index is 4.30. The minimum absolute atomic E-state index is 0.0586. The van der Waals surface area contributed by atoms with E-state index in [9.17, 15) is 0 Å². The van der Waals surface area contributed by atoms with Gasteiger partial charge in [-0.1, -0.05) is 22.0 Å². The third-order valence-electron chi connectivity index (χ3n) is 3.62. The highest BCUT2D eigenvalue weighted by Gasteiger charge is 2.20. The van der Waals surface area contributed by atoms with E-state index in [2.05, 4.69) is 66.1 Å². The zero-order chi connectivity index (χ0) is 14.2. The summed E-state index contributed by atoms with van der Waals surface area (Å²) >= 11 is 3.50. The predicted octanol–water partition coefficient (Wildman–Crippen LogP) is 3.41. The summed E-state index contributed by atoms with van der Waals surface area (Å²) in [6.07, 6.45) is 1.78. The van der Waals surface area contributed by atoms with Crippen LogP contribution in [0.2, 0.25) is 0 Å². The van der Waals surface area contributed by atoms with Crippen molar-refractivity contribution in [1.29, 1.82) is 0 Å². The first kappa shape index (κ1) is 12.7. The molecule has 0 radical (unpaired) electrons. The van der Waals surface area contributed by atoms with Crippen molar-refractivity contribution in [2.24, 2.45) is 0 Å². The van der Waals surface area contributed by atoms with Crippen molar-refractivity contribution in [2.45, 2.75) is 6.17 Å². The summed E-state index contributed by atoms with van der Waals surface area (Å²) in [5, 5.41) is 10.3. The van der Waals surface area contributed by atoms with Crippen molar-refractivity contribution in [3.8, 4) is 0 Å². The number of H-pyrrole nitrogens is 1. The summed E-state index contributed by atoms with van der Waals surface area (Å²) in [5.74, 6) is 0. The van der Waals surface area contributed by atoms with Crippen LogP contribution in [0.5, 0.6) is 0 Å². The van der Waals surface area contributed by atoms with Crippen LogP contribution < -0.4 is 16.0 Å². The Bertz CT molecular complexity index is 798. The van der Waals surface area contributed by atoms with Crippen LogP contribution in [0.4, 0.5) is 11.4 Å². The van der Waals surface area contributed by atoms with Gasteiger partial charge in [0.2, 0.25) is 0 Å². The number of hydrogen-bond donors (Lipinski definition) is 4. The average Bonchev–Trinajstić information content (AvgIpc) is 2.93. The van der Waals surface area contributed by atoms with Crippen molar-refractivity contribution in [3.05, 3.63) is 52.8 Å². The van der Waals surface area contributed by atoms with E-state index in [-0.39, 0.29) is 6.17 Å². The lowest BCUT2D eigenvalue weighted by Gasteiger charge is -2.29. The molecule has 3 aromatic rings. The molecule has 2 heterocycles. The first-order valence-corrected chi connectivity index (χ1v) is 7.55. The normalized spacial score (nSPS) is 17.3. The van der Waals surface area contributed by atoms with Gasteiger partial charge in [-0.2, -0.15) is 0 Å². The van der Waals surface area contributed by atoms with E-state index >= 15 is 0 Å². The Balaban J connectivity index is 1.72. The molecule has 0 fully saturated rings. The number of benzene rings is 2. The second kappa shape index (κ2) is 5.05. The lowest BCUT2D eigenvalue weighted by Crippen LogP contribution is -2.37. The lowest BCUT2D eigenvalue weighted by atomic mass is 10.1. The number of aromatic nitrogens is 2. The Hall–Kier alpha value is -2.05. The van der Waals surface area contributed by atoms with E-state index in [1.807, 2.05) is 12.1 Å². The van der Waals surface area contributed by atoms with Crippen LogP contribution in [0.25, 0.3) is 11.0 Å². The number of nitrogens with zero attached hydrogens (tertiary/aromatic N) is 1. The molecular formula is C15H14BrN5. The Morgan fingerprint density at radius 3 is 3.10 bits per heavy atom. The minimum Gasteiger partial charge on any atom is -0.372 e. The van der Waals surface area contributed by atoms with Gasteiger partial charge < -0.3 is 15.6 Å². The average molecular weight is 344 g/mol. The van der Waals surface area contributed by atoms with E-state index < -0.39 is 0 Å². The molecule has 1 atom stereocenters. The van der Waals surface area contributed by atoms with Crippen LogP contribution in [-0.4, -0.2) is 16.6 Å². The maximum Gasteiger partial charge on any atom is 0.107 e. The molecule has 0 amide bonds. The van der Waals surface area contributed by atoms with Gasteiger partial charge in [0.25, 0.3) is 0 Å². The van der Waals surface area contributed by atoms with Gasteiger partial charge in [0.1, 0.15) is 6.17 Å². The van der Waals surface area contributed by atoms with Crippen LogP contribution in [0.3, 0.4) is 0 Å². The Morgan fingerprint density at radius 2 is 2.19 bits per heavy atom. The number of nitrogens with one attached hydrogen (secondary N) is 4. The maximum absolute atomic E-state index is 4.30. The Labute approximate surface area is 130 Å². The number of fused-ring (bicyclic) bond motifs is 2. The largest absolute Gasteiger partial charge is 0.372 e. The van der Waals surface area contributed by atoms with E-state index in [1.54, 1.807) is 6.33 Å². The molecule has 106 valence electrons. The van der Waals surface area contributed by atoms with E-state index in [0.29, 0.717) is 6.67 Å². The molecule has 0 saturated heterocycles. The molecule has 4 rings (SSSR count). The molecule has 1 aliphatic rings. The molecule has 0 spiro atoms. The van der Waals surface area contributed by atoms with E-state index in [0.717, 1.165) is 26.9 Å². The number of hydrogen-bond acceptors (Lipinski definition) is 4. The summed E-state index contributed by atoms with van der Waals surface area (Å²) in [6, 6.07) is 12.4. The standard InChI is InChI=1S/C15H14BrN5/c16-9-2-1-3-10(4-9)21-15-11-5-13-14(19-7-18-13)6-12(11)17-8-20-15/h1-7,15,17,20-21H,8H2,(H,18,19). The fraction of sp³-hybridized carbons (Fsp3) is 0.133. The number of imidazole rings is 1. The molecule has 1 aliphatic heterocycles. The molecule has 0 aliphatic carbocycles. The fourth-order valence-electron chi connectivity index (χ4n) is 2.62. The highest BCUT2D eigenvalue weighted by Crippen LogP contribution is 2.31. The van der Waals surface area contributed by atoms with Gasteiger partial charge in [0.15, 0.2) is 0 Å². The quantitative estimate of drug-likeness (QED) is 0.575. The lowest BCUT2D eigenvalue weighted by molar-refractivity contribution is 0.597. The zero-order valence-electron chi connectivity index (χ0n) is 11.2. The van der Waals surface area contributed by atoms with E-state index in [4.69, 9.17) is 0 Å². The Morgan fingerprint density at radius 1 is 1.24 bits per heavy atom. The van der Waals surface area contributed by atoms with Crippen molar-refractivity contribution >= 4 is 38.3 Å². The molecule has 1 unspecified atom stereocenters. The molecule has 21 heavy (non-hydrogen) atoms. The van der Waals surface area contributed by atoms with Gasteiger partial charge in [0, 0.05) is 21.4 Å². The van der Waals surface area contributed by atoms with E-state index in [1.165, 1.54) is 5.56 Å². The molecule has 5 nitrogen and oxygen atoms in total. The van der Waals surface area contributed by atoms with Crippen molar-refractivity contribution < 1.29 is 0 Å². The van der Waals surface area contributed by atoms with Crippen LogP contribution in [0, 0.1) is 0 Å². The van der Waals surface area contributed by atoms with Crippen LogP contribution >= 0.6 is 15.9 Å². The smallest absolute Gasteiger partial charge is 0.107 e. The first-order valence-electron chi connectivity index (χ1n) is 6.76. The van der Waals surface area contributed by atoms with Crippen molar-refractivity contribution in [3.63, 3.8) is 0 Å². The van der Waals surface area contributed by atoms with Gasteiger partial charge in [-0.25, -0.2) is 4.98 Å². The number of rotatable bonds is 2. The van der Waals surface area contributed by atoms with Crippen LogP contribution in [-0.2, 0) is 0 Å². The highest BCUT2D eigenvalue weighted by molar-refractivity contribution is 9.10. The van der Waals surface area contributed by atoms with Gasteiger partial charge in [-0.05, 0) is 30.3 Å². The van der Waals surface area contributed by atoms with Gasteiger partial charge in [-0.3, -0.25) is 5.32 Å². The molecule has 0 bridgehead atoms. The highest BCUT2D eigenvalue weighted by atomic mass is 79.9. The molecule has 1 aromatic heterocycles. The fourth-order valence-corrected chi connectivity index (χ4v) is 3.02. The van der Waals surface area contributed by atoms with Gasteiger partial charge in [-0.15, -0.1) is 0 Å². The SMILES string of the molecule is Brc1cccc(NC2NCNc3cc4nc[nH]c4cc32)c1. The Kier molecular flexibility index (Phi) is 3.05. The molecule has 2 aromatic carbocycles. The number of halogens is 1. The first-order chi connectivity index (χ1) is 10.3. The molecule has 4 N–H and O–H groups in total. The topological polar surface area (TPSA) is 64.8 Å². The van der Waals surface area contributed by atoms with Gasteiger partial charge in [0.05, 0.1) is 24.0 Å². The van der Waals surface area contributed by atoms with Crippen LogP contribution in [0.1, 0.15) is 11.7 Å². The summed E-state index contributed by atoms with van der Waals surface area (Å²) in [6.45, 7) is 0.717. The third kappa shape index (κ3) is 2.36. The zero-order valence-corrected chi connectivity index (χ0v) is 12.7. The minimum atomic E-state index is 0.0586. The predicted molar refractivity (Wildman–Crippen MR) is 88.2 cm³/mol.